The van der Waals surface area contributed by atoms with Crippen molar-refractivity contribution in [1.82, 2.24) is 4.98 Å². The molecular formula is C39H28N2. The minimum atomic E-state index is -1.20. The van der Waals surface area contributed by atoms with E-state index in [4.69, 9.17) is 31.5 Å². The van der Waals surface area contributed by atoms with Crippen molar-refractivity contribution in [2.45, 2.75) is 0 Å². The summed E-state index contributed by atoms with van der Waals surface area (Å²) in [5, 5.41) is -0.681. The van der Waals surface area contributed by atoms with Crippen LogP contribution < -0.4 is 4.90 Å². The predicted octanol–water partition coefficient (Wildman–Crippen LogP) is 10.7. The molecule has 1 heterocycles. The van der Waals surface area contributed by atoms with Gasteiger partial charge in [-0.1, -0.05) is 133 Å². The molecule has 0 spiro atoms. The van der Waals surface area contributed by atoms with Crippen LogP contribution in [0.5, 0.6) is 0 Å². The van der Waals surface area contributed by atoms with Crippen LogP contribution in [0.3, 0.4) is 0 Å². The number of benzene rings is 6. The SMILES string of the molecule is [2H]c1cc(-c2c(N(c3c([2H])c([2H])c([2H])c([2H])c3[2H])c3c([2H])c([2H])c(-c4c([2H])c([2H])c([2H])c([2H])c4[2H])c([2H])c3[2H])nc3c([2H])c([2H])c([2H])c([2H])c3c2[2H])c([2H])c([2H])c1-c1c([2H])c([2H])c([2H])c([2H])c1[2H]. The lowest BCUT2D eigenvalue weighted by atomic mass is 9.99. The second kappa shape index (κ2) is 11.0. The average Bonchev–Trinajstić information content (AvgIpc) is 3.30. The highest BCUT2D eigenvalue weighted by atomic mass is 15.2. The van der Waals surface area contributed by atoms with Gasteiger partial charge in [0.1, 0.15) is 5.82 Å². The lowest BCUT2D eigenvalue weighted by Gasteiger charge is -2.27. The number of hydrogen-bond acceptors (Lipinski definition) is 2. The molecule has 0 radical (unpaired) electrons. The number of fused-ring (bicyclic) bond motifs is 1. The Bertz CT molecular complexity index is 3330. The monoisotopic (exact) mass is 551 g/mol. The molecule has 194 valence electrons. The van der Waals surface area contributed by atoms with E-state index >= 15 is 0 Å². The largest absolute Gasteiger partial charge is 0.295 e. The van der Waals surface area contributed by atoms with E-state index in [0.717, 1.165) is 6.07 Å². The number of anilines is 3. The Morgan fingerprint density at radius 3 is 1.61 bits per heavy atom. The highest BCUT2D eigenvalue weighted by Gasteiger charge is 2.20. The molecule has 2 nitrogen and oxygen atoms in total. The summed E-state index contributed by atoms with van der Waals surface area (Å²) in [6.45, 7) is 0. The quantitative estimate of drug-likeness (QED) is 0.204. The van der Waals surface area contributed by atoms with Crippen molar-refractivity contribution >= 4 is 28.1 Å². The maximum atomic E-state index is 9.60. The molecule has 0 aliphatic carbocycles. The molecule has 0 unspecified atom stereocenters. The molecule has 0 bridgehead atoms. The molecule has 0 amide bonds. The highest BCUT2D eigenvalue weighted by Crippen LogP contribution is 2.41. The van der Waals surface area contributed by atoms with Crippen LogP contribution in [0.4, 0.5) is 17.2 Å². The molecule has 0 N–H and O–H groups in total. The minimum absolute atomic E-state index is 0.427. The number of para-hydroxylation sites is 2. The molecule has 0 fully saturated rings. The van der Waals surface area contributed by atoms with Gasteiger partial charge < -0.3 is 0 Å². The van der Waals surface area contributed by atoms with Gasteiger partial charge in [0.25, 0.3) is 0 Å². The Labute approximate surface area is 278 Å². The fourth-order valence-electron chi connectivity index (χ4n) is 3.76. The van der Waals surface area contributed by atoms with E-state index in [9.17, 15) is 5.48 Å². The first kappa shape index (κ1) is 9.02. The molecule has 7 aromatic rings. The summed E-state index contributed by atoms with van der Waals surface area (Å²) < 4.78 is 235. The first-order valence-electron chi connectivity index (χ1n) is 25.2. The Morgan fingerprint density at radius 2 is 0.927 bits per heavy atom. The predicted molar refractivity (Wildman–Crippen MR) is 173 cm³/mol. The van der Waals surface area contributed by atoms with Gasteiger partial charge in [-0.25, -0.2) is 4.98 Å². The smallest absolute Gasteiger partial charge is 0.146 e. The number of pyridine rings is 1. The van der Waals surface area contributed by atoms with Gasteiger partial charge in [0.2, 0.25) is 0 Å². The van der Waals surface area contributed by atoms with Crippen molar-refractivity contribution in [1.29, 1.82) is 0 Å². The lowest BCUT2D eigenvalue weighted by Crippen LogP contribution is -2.13. The number of aromatic nitrogens is 1. The molecule has 1 aromatic heterocycles. The van der Waals surface area contributed by atoms with E-state index < -0.39 is 225 Å². The van der Waals surface area contributed by atoms with Crippen LogP contribution in [0, 0.1) is 0 Å². The number of hydrogen-bond donors (Lipinski definition) is 0. The highest BCUT2D eigenvalue weighted by molar-refractivity contribution is 5.94. The maximum Gasteiger partial charge on any atom is 0.146 e. The maximum absolute atomic E-state index is 9.60. The van der Waals surface area contributed by atoms with Crippen LogP contribution in [0.2, 0.25) is 0 Å². The summed E-state index contributed by atoms with van der Waals surface area (Å²) in [5.74, 6) is -1.01. The van der Waals surface area contributed by atoms with Crippen LogP contribution in [-0.4, -0.2) is 4.98 Å². The Kier molecular flexibility index (Phi) is 2.41. The van der Waals surface area contributed by atoms with E-state index in [-0.39, 0.29) is 0 Å². The Hall–Kier alpha value is -5.47. The van der Waals surface area contributed by atoms with Gasteiger partial charge in [0.05, 0.1) is 42.5 Å². The summed E-state index contributed by atoms with van der Waals surface area (Å²) in [6, 6.07) is -25.5. The summed E-state index contributed by atoms with van der Waals surface area (Å²) in [7, 11) is 0. The van der Waals surface area contributed by atoms with Crippen LogP contribution in [0.1, 0.15) is 37.0 Å². The molecule has 0 aliphatic heterocycles. The summed E-state index contributed by atoms with van der Waals surface area (Å²) in [6.07, 6.45) is 0. The molecule has 2 heteroatoms. The summed E-state index contributed by atoms with van der Waals surface area (Å²) >= 11 is 0. The molecular weight excluding hydrogens is 496 g/mol. The van der Waals surface area contributed by atoms with Crippen LogP contribution in [0.15, 0.2) is 169 Å². The third-order valence-corrected chi connectivity index (χ3v) is 5.57. The molecule has 0 saturated heterocycles. The zero-order valence-corrected chi connectivity index (χ0v) is 20.5. The van der Waals surface area contributed by atoms with Crippen molar-refractivity contribution in [2.75, 3.05) is 4.90 Å². The van der Waals surface area contributed by atoms with E-state index in [1.54, 1.807) is 0 Å². The average molecular weight is 552 g/mol. The van der Waals surface area contributed by atoms with Gasteiger partial charge in [-0.05, 0) is 64.1 Å². The first-order valence-corrected chi connectivity index (χ1v) is 11.7. The fraction of sp³-hybridized carbons (Fsp3) is 0. The zero-order valence-electron chi connectivity index (χ0n) is 47.5. The van der Waals surface area contributed by atoms with Gasteiger partial charge >= 0.3 is 0 Å². The topological polar surface area (TPSA) is 16.1 Å². The second-order valence-electron chi connectivity index (χ2n) is 8.02. The fourth-order valence-corrected chi connectivity index (χ4v) is 3.76. The third kappa shape index (κ3) is 4.99. The number of rotatable bonds is 6. The van der Waals surface area contributed by atoms with Crippen molar-refractivity contribution in [3.8, 4) is 33.4 Å². The zero-order chi connectivity index (χ0) is 50.9. The number of nitrogens with zero attached hydrogens (tertiary/aromatic N) is 2. The van der Waals surface area contributed by atoms with Crippen molar-refractivity contribution in [3.63, 3.8) is 0 Å². The minimum Gasteiger partial charge on any atom is -0.295 e. The third-order valence-electron chi connectivity index (χ3n) is 5.57. The van der Waals surface area contributed by atoms with E-state index in [1.165, 1.54) is 0 Å². The van der Waals surface area contributed by atoms with Crippen LogP contribution in [-0.2, 0) is 0 Å². The molecule has 0 atom stereocenters. The van der Waals surface area contributed by atoms with Gasteiger partial charge in [0, 0.05) is 22.3 Å². The molecule has 7 rings (SSSR count). The normalized spacial score (nSPS) is 20.1. The Balaban J connectivity index is 1.75. The second-order valence-corrected chi connectivity index (χ2v) is 8.02. The van der Waals surface area contributed by atoms with Gasteiger partial charge in [-0.15, -0.1) is 0 Å². The molecule has 0 aliphatic rings. The first-order chi connectivity index (χ1) is 31.6. The Morgan fingerprint density at radius 1 is 0.439 bits per heavy atom. The van der Waals surface area contributed by atoms with Crippen molar-refractivity contribution in [2.24, 2.45) is 0 Å². The van der Waals surface area contributed by atoms with Gasteiger partial charge in [0.15, 0.2) is 0 Å². The van der Waals surface area contributed by atoms with E-state index in [1.807, 2.05) is 0 Å². The molecule has 6 aromatic carbocycles. The summed E-state index contributed by atoms with van der Waals surface area (Å²) in [5.41, 5.74) is -7.41. The van der Waals surface area contributed by atoms with Gasteiger partial charge in [-0.3, -0.25) is 4.90 Å². The van der Waals surface area contributed by atoms with Crippen LogP contribution >= 0.6 is 0 Å². The standard InChI is InChI=1S/C39H28N2/c1-4-12-29(13-5-1)31-20-22-33(23-21-31)37-28-34-16-10-11-19-38(34)40-39(37)41(35-17-8-3-9-18-35)36-26-24-32(25-27-36)30-14-6-2-7-15-30/h1-28H/i1D,2D,3D,4D,5D,6D,7D,8D,9D,10D,11D,12D,13D,14D,15D,16D,17D,18D,19D,20D,21D,22D,24D,25D,26D,27D,28D. The molecule has 0 saturated carbocycles. The lowest BCUT2D eigenvalue weighted by molar-refractivity contribution is 1.21. The van der Waals surface area contributed by atoms with Crippen molar-refractivity contribution in [3.05, 3.63) is 169 Å². The van der Waals surface area contributed by atoms with Gasteiger partial charge in [-0.2, -0.15) is 0 Å². The van der Waals surface area contributed by atoms with E-state index in [2.05, 4.69) is 4.98 Å². The van der Waals surface area contributed by atoms with E-state index in [0.29, 0.717) is 4.90 Å². The molecule has 41 heavy (non-hydrogen) atoms. The summed E-state index contributed by atoms with van der Waals surface area (Å²) in [4.78, 5) is 4.85. The van der Waals surface area contributed by atoms with Crippen LogP contribution in [0.25, 0.3) is 44.3 Å². The van der Waals surface area contributed by atoms with Crippen molar-refractivity contribution < 1.29 is 37.0 Å².